The average Bonchev–Trinajstić information content (AvgIpc) is 2.39. The lowest BCUT2D eigenvalue weighted by Gasteiger charge is -2.40. The summed E-state index contributed by atoms with van der Waals surface area (Å²) in [5.41, 5.74) is 1.92. The Bertz CT molecular complexity index is 468. The molecule has 2 rings (SSSR count). The Labute approximate surface area is 121 Å². The van der Waals surface area contributed by atoms with Crippen molar-refractivity contribution in [3.8, 4) is 0 Å². The predicted octanol–water partition coefficient (Wildman–Crippen LogP) is 3.79. The van der Waals surface area contributed by atoms with Gasteiger partial charge in [-0.05, 0) is 48.9 Å². The lowest BCUT2D eigenvalue weighted by atomic mass is 9.78. The van der Waals surface area contributed by atoms with Crippen molar-refractivity contribution >= 4 is 5.97 Å². The molecule has 1 saturated heterocycles. The van der Waals surface area contributed by atoms with E-state index in [4.69, 9.17) is 5.11 Å². The van der Waals surface area contributed by atoms with Gasteiger partial charge in [0.1, 0.15) is 0 Å². The van der Waals surface area contributed by atoms with Gasteiger partial charge in [-0.2, -0.15) is 0 Å². The molecule has 0 spiro atoms. The van der Waals surface area contributed by atoms with Crippen molar-refractivity contribution < 1.29 is 9.90 Å². The topological polar surface area (TPSA) is 40.5 Å². The third kappa shape index (κ3) is 3.83. The fourth-order valence-electron chi connectivity index (χ4n) is 3.43. The molecule has 3 nitrogen and oxygen atoms in total. The second kappa shape index (κ2) is 6.40. The molecule has 1 heterocycles. The highest BCUT2D eigenvalue weighted by atomic mass is 16.4. The molecule has 1 aromatic rings. The molecule has 1 aliphatic heterocycles. The van der Waals surface area contributed by atoms with E-state index in [0.29, 0.717) is 11.0 Å². The molecule has 1 aliphatic rings. The van der Waals surface area contributed by atoms with Crippen molar-refractivity contribution in [2.24, 2.45) is 5.41 Å². The number of hydrogen-bond acceptors (Lipinski definition) is 2. The maximum atomic E-state index is 11.0. The summed E-state index contributed by atoms with van der Waals surface area (Å²) in [5.74, 6) is -0.846. The number of carboxylic acids is 1. The van der Waals surface area contributed by atoms with Crippen LogP contribution in [0.5, 0.6) is 0 Å². The maximum Gasteiger partial charge on any atom is 0.335 e. The summed E-state index contributed by atoms with van der Waals surface area (Å²) in [5, 5.41) is 9.05. The number of hydrogen-bond donors (Lipinski definition) is 1. The molecule has 0 aromatic heterocycles. The van der Waals surface area contributed by atoms with E-state index in [1.165, 1.54) is 25.7 Å². The van der Waals surface area contributed by atoms with Crippen molar-refractivity contribution in [3.05, 3.63) is 35.4 Å². The largest absolute Gasteiger partial charge is 0.478 e. The van der Waals surface area contributed by atoms with Gasteiger partial charge in [-0.3, -0.25) is 4.90 Å². The van der Waals surface area contributed by atoms with Gasteiger partial charge >= 0.3 is 5.97 Å². The van der Waals surface area contributed by atoms with Gasteiger partial charge < -0.3 is 5.11 Å². The minimum absolute atomic E-state index is 0.385. The monoisotopic (exact) mass is 275 g/mol. The summed E-state index contributed by atoms with van der Waals surface area (Å²) < 4.78 is 0. The van der Waals surface area contributed by atoms with Gasteiger partial charge in [-0.15, -0.1) is 0 Å². The normalized spacial score (nSPS) is 23.7. The summed E-state index contributed by atoms with van der Waals surface area (Å²) in [6, 6.07) is 7.32. The molecule has 1 fully saturated rings. The van der Waals surface area contributed by atoms with Crippen molar-refractivity contribution in [3.63, 3.8) is 0 Å². The van der Waals surface area contributed by atoms with Crippen LogP contribution in [0.25, 0.3) is 0 Å². The first kappa shape index (κ1) is 15.0. The third-order valence-corrected chi connectivity index (χ3v) is 4.29. The van der Waals surface area contributed by atoms with Crippen molar-refractivity contribution in [1.29, 1.82) is 0 Å². The fourth-order valence-corrected chi connectivity index (χ4v) is 3.43. The second-order valence-electron chi connectivity index (χ2n) is 6.38. The summed E-state index contributed by atoms with van der Waals surface area (Å²) in [7, 11) is 0. The molecule has 0 radical (unpaired) electrons. The van der Waals surface area contributed by atoms with E-state index in [2.05, 4.69) is 18.7 Å². The highest BCUT2D eigenvalue weighted by Gasteiger charge is 2.29. The number of benzene rings is 1. The van der Waals surface area contributed by atoms with Crippen LogP contribution in [0.3, 0.4) is 0 Å². The Balaban J connectivity index is 2.02. The molecule has 3 heteroatoms. The van der Waals surface area contributed by atoms with Crippen LogP contribution in [-0.2, 0) is 6.54 Å². The first-order chi connectivity index (χ1) is 9.52. The van der Waals surface area contributed by atoms with E-state index >= 15 is 0 Å². The van der Waals surface area contributed by atoms with Crippen LogP contribution in [0.2, 0.25) is 0 Å². The molecule has 20 heavy (non-hydrogen) atoms. The van der Waals surface area contributed by atoms with Gasteiger partial charge in [-0.1, -0.05) is 32.4 Å². The third-order valence-electron chi connectivity index (χ3n) is 4.29. The van der Waals surface area contributed by atoms with E-state index in [-0.39, 0.29) is 0 Å². The molecule has 0 aliphatic carbocycles. The zero-order valence-electron chi connectivity index (χ0n) is 12.6. The van der Waals surface area contributed by atoms with Crippen LogP contribution in [0.1, 0.15) is 55.5 Å². The van der Waals surface area contributed by atoms with E-state index in [1.807, 2.05) is 12.1 Å². The first-order valence-electron chi connectivity index (χ1n) is 7.57. The molecule has 1 unspecified atom stereocenters. The molecular formula is C17H25NO2. The van der Waals surface area contributed by atoms with Crippen LogP contribution in [0.15, 0.2) is 24.3 Å². The molecule has 110 valence electrons. The number of carbonyl (C=O) groups is 1. The Morgan fingerprint density at radius 3 is 2.95 bits per heavy atom. The molecular weight excluding hydrogens is 250 g/mol. The molecule has 1 aromatic carbocycles. The average molecular weight is 275 g/mol. The lowest BCUT2D eigenvalue weighted by molar-refractivity contribution is 0.0695. The van der Waals surface area contributed by atoms with E-state index in [9.17, 15) is 4.79 Å². The standard InChI is InChI=1S/C17H25NO2/c1-3-8-17(2)9-5-10-18(13-17)12-14-6-4-7-15(11-14)16(19)20/h4,6-7,11H,3,5,8-10,12-13H2,1-2H3,(H,19,20). The molecule has 0 bridgehead atoms. The number of carboxylic acid groups (broad SMARTS) is 1. The molecule has 0 saturated carbocycles. The van der Waals surface area contributed by atoms with Gasteiger partial charge in [0.2, 0.25) is 0 Å². The fraction of sp³-hybridized carbons (Fsp3) is 0.588. The van der Waals surface area contributed by atoms with Crippen LogP contribution in [0, 0.1) is 5.41 Å². The summed E-state index contributed by atoms with van der Waals surface area (Å²) in [6.45, 7) is 7.74. The lowest BCUT2D eigenvalue weighted by Crippen LogP contribution is -2.41. The van der Waals surface area contributed by atoms with E-state index in [1.54, 1.807) is 12.1 Å². The van der Waals surface area contributed by atoms with Gasteiger partial charge in [0.05, 0.1) is 5.56 Å². The Hall–Kier alpha value is -1.35. The predicted molar refractivity (Wildman–Crippen MR) is 80.9 cm³/mol. The second-order valence-corrected chi connectivity index (χ2v) is 6.38. The maximum absolute atomic E-state index is 11.0. The molecule has 1 atom stereocenters. The summed E-state index contributed by atoms with van der Waals surface area (Å²) in [6.07, 6.45) is 5.07. The van der Waals surface area contributed by atoms with Gasteiger partial charge in [0, 0.05) is 13.1 Å². The van der Waals surface area contributed by atoms with E-state index < -0.39 is 5.97 Å². The van der Waals surface area contributed by atoms with Gasteiger partial charge in [-0.25, -0.2) is 4.79 Å². The van der Waals surface area contributed by atoms with Crippen molar-refractivity contribution in [2.75, 3.05) is 13.1 Å². The zero-order chi connectivity index (χ0) is 14.6. The Morgan fingerprint density at radius 1 is 1.45 bits per heavy atom. The summed E-state index contributed by atoms with van der Waals surface area (Å²) in [4.78, 5) is 13.5. The highest BCUT2D eigenvalue weighted by Crippen LogP contribution is 2.34. The molecule has 0 amide bonds. The minimum Gasteiger partial charge on any atom is -0.478 e. The van der Waals surface area contributed by atoms with Crippen LogP contribution < -0.4 is 0 Å². The number of aromatic carboxylic acids is 1. The Morgan fingerprint density at radius 2 is 2.25 bits per heavy atom. The van der Waals surface area contributed by atoms with Crippen LogP contribution >= 0.6 is 0 Å². The van der Waals surface area contributed by atoms with Crippen molar-refractivity contribution in [1.82, 2.24) is 4.90 Å². The quantitative estimate of drug-likeness (QED) is 0.889. The number of nitrogens with zero attached hydrogens (tertiary/aromatic N) is 1. The smallest absolute Gasteiger partial charge is 0.335 e. The first-order valence-corrected chi connectivity index (χ1v) is 7.57. The zero-order valence-corrected chi connectivity index (χ0v) is 12.6. The molecule has 1 N–H and O–H groups in total. The number of piperidine rings is 1. The van der Waals surface area contributed by atoms with E-state index in [0.717, 1.165) is 25.2 Å². The van der Waals surface area contributed by atoms with Crippen LogP contribution in [0.4, 0.5) is 0 Å². The summed E-state index contributed by atoms with van der Waals surface area (Å²) >= 11 is 0. The SMILES string of the molecule is CCCC1(C)CCCN(Cc2cccc(C(=O)O)c2)C1. The van der Waals surface area contributed by atoms with Gasteiger partial charge in [0.15, 0.2) is 0 Å². The number of likely N-dealkylation sites (tertiary alicyclic amines) is 1. The van der Waals surface area contributed by atoms with Crippen molar-refractivity contribution in [2.45, 2.75) is 46.1 Å². The minimum atomic E-state index is -0.846. The Kier molecular flexibility index (Phi) is 4.81. The number of rotatable bonds is 5. The highest BCUT2D eigenvalue weighted by molar-refractivity contribution is 5.87. The van der Waals surface area contributed by atoms with Crippen LogP contribution in [-0.4, -0.2) is 29.1 Å². The van der Waals surface area contributed by atoms with Gasteiger partial charge in [0.25, 0.3) is 0 Å².